The summed E-state index contributed by atoms with van der Waals surface area (Å²) in [6.45, 7) is 0. The molecule has 1 aromatic heterocycles. The number of nitrogens with one attached hydrogen (secondary N) is 1. The minimum atomic E-state index is -0.753. The van der Waals surface area contributed by atoms with E-state index in [-0.39, 0.29) is 12.0 Å². The third kappa shape index (κ3) is 2.67. The first kappa shape index (κ1) is 13.1. The number of aromatic nitrogens is 1. The van der Waals surface area contributed by atoms with Gasteiger partial charge >= 0.3 is 5.97 Å². The molecule has 2 aromatic rings. The molecule has 1 saturated carbocycles. The highest BCUT2D eigenvalue weighted by Crippen LogP contribution is 2.39. The van der Waals surface area contributed by atoms with E-state index in [2.05, 4.69) is 10.3 Å². The quantitative estimate of drug-likeness (QED) is 0.882. The molecule has 0 aliphatic heterocycles. The van der Waals surface area contributed by atoms with Gasteiger partial charge in [0.2, 0.25) is 0 Å². The van der Waals surface area contributed by atoms with Crippen molar-refractivity contribution in [3.05, 3.63) is 35.7 Å². The topological polar surface area (TPSA) is 62.2 Å². The predicted molar refractivity (Wildman–Crippen MR) is 80.0 cm³/mol. The molecule has 0 saturated heterocycles. The summed E-state index contributed by atoms with van der Waals surface area (Å²) in [4.78, 5) is 15.5. The molecule has 0 atom stereocenters. The minimum absolute atomic E-state index is 0.160. The second-order valence-electron chi connectivity index (χ2n) is 5.23. The fourth-order valence-corrected chi connectivity index (χ4v) is 3.38. The predicted octanol–water partition coefficient (Wildman–Crippen LogP) is 3.62. The van der Waals surface area contributed by atoms with E-state index in [0.29, 0.717) is 0 Å². The van der Waals surface area contributed by atoms with Crippen molar-refractivity contribution < 1.29 is 9.90 Å². The lowest BCUT2D eigenvalue weighted by molar-refractivity contribution is -0.138. The maximum absolute atomic E-state index is 11.0. The molecule has 1 aromatic carbocycles. The molecule has 0 spiro atoms. The number of aliphatic carboxylic acids is 1. The number of hydrogen-bond donors (Lipinski definition) is 2. The van der Waals surface area contributed by atoms with E-state index in [1.807, 2.05) is 35.7 Å². The molecule has 0 radical (unpaired) electrons. The van der Waals surface area contributed by atoms with Gasteiger partial charge in [-0.15, -0.1) is 11.3 Å². The second-order valence-corrected chi connectivity index (χ2v) is 6.09. The standard InChI is InChI=1S/C15H16N2O2S/c18-13(19)9-15(7-4-8-15)17-14-16-12(10-20-14)11-5-2-1-3-6-11/h1-3,5-6,10H,4,7-9H2,(H,16,17)(H,18,19). The Kier molecular flexibility index (Phi) is 3.44. The van der Waals surface area contributed by atoms with Crippen molar-refractivity contribution in [1.29, 1.82) is 0 Å². The average molecular weight is 288 g/mol. The first-order valence-corrected chi connectivity index (χ1v) is 7.56. The summed E-state index contributed by atoms with van der Waals surface area (Å²) in [7, 11) is 0. The van der Waals surface area contributed by atoms with Crippen LogP contribution in [0, 0.1) is 0 Å². The van der Waals surface area contributed by atoms with E-state index in [1.165, 1.54) is 11.3 Å². The van der Waals surface area contributed by atoms with Crippen LogP contribution in [0.3, 0.4) is 0 Å². The Morgan fingerprint density at radius 2 is 2.10 bits per heavy atom. The Bertz CT molecular complexity index is 605. The smallest absolute Gasteiger partial charge is 0.305 e. The summed E-state index contributed by atoms with van der Waals surface area (Å²) >= 11 is 1.53. The highest BCUT2D eigenvalue weighted by atomic mass is 32.1. The Labute approximate surface area is 121 Å². The zero-order valence-electron chi connectivity index (χ0n) is 11.0. The average Bonchev–Trinajstić information content (AvgIpc) is 2.85. The largest absolute Gasteiger partial charge is 0.481 e. The van der Waals surface area contributed by atoms with E-state index in [4.69, 9.17) is 5.11 Å². The molecular formula is C15H16N2O2S. The van der Waals surface area contributed by atoms with Crippen molar-refractivity contribution >= 4 is 22.4 Å². The molecule has 104 valence electrons. The molecule has 0 amide bonds. The number of carboxylic acid groups (broad SMARTS) is 1. The molecular weight excluding hydrogens is 272 g/mol. The summed E-state index contributed by atoms with van der Waals surface area (Å²) in [5.74, 6) is -0.753. The van der Waals surface area contributed by atoms with Gasteiger partial charge in [0, 0.05) is 16.5 Å². The van der Waals surface area contributed by atoms with Crippen molar-refractivity contribution in [3.8, 4) is 11.3 Å². The number of carbonyl (C=O) groups is 1. The van der Waals surface area contributed by atoms with Crippen LogP contribution in [-0.4, -0.2) is 21.6 Å². The van der Waals surface area contributed by atoms with Gasteiger partial charge in [-0.2, -0.15) is 0 Å². The molecule has 1 aliphatic rings. The van der Waals surface area contributed by atoms with E-state index >= 15 is 0 Å². The number of benzene rings is 1. The van der Waals surface area contributed by atoms with E-state index < -0.39 is 5.97 Å². The van der Waals surface area contributed by atoms with Crippen LogP contribution in [0.1, 0.15) is 25.7 Å². The Morgan fingerprint density at radius 3 is 2.70 bits per heavy atom. The fourth-order valence-electron chi connectivity index (χ4n) is 2.54. The van der Waals surface area contributed by atoms with Gasteiger partial charge < -0.3 is 10.4 Å². The molecule has 1 fully saturated rings. The van der Waals surface area contributed by atoms with Crippen LogP contribution in [-0.2, 0) is 4.79 Å². The van der Waals surface area contributed by atoms with Crippen LogP contribution in [0.2, 0.25) is 0 Å². The number of thiazole rings is 1. The summed E-state index contributed by atoms with van der Waals surface area (Å²) in [6.07, 6.45) is 3.05. The van der Waals surface area contributed by atoms with Gasteiger partial charge in [0.15, 0.2) is 5.13 Å². The van der Waals surface area contributed by atoms with Crippen molar-refractivity contribution in [2.75, 3.05) is 5.32 Å². The Balaban J connectivity index is 1.76. The highest BCUT2D eigenvalue weighted by Gasteiger charge is 2.39. The normalized spacial score (nSPS) is 16.4. The van der Waals surface area contributed by atoms with E-state index in [1.54, 1.807) is 0 Å². The van der Waals surface area contributed by atoms with Gasteiger partial charge in [-0.05, 0) is 19.3 Å². The number of rotatable bonds is 5. The third-order valence-electron chi connectivity index (χ3n) is 3.75. The monoisotopic (exact) mass is 288 g/mol. The summed E-state index contributed by atoms with van der Waals surface area (Å²) < 4.78 is 0. The van der Waals surface area contributed by atoms with Crippen LogP contribution in [0.25, 0.3) is 11.3 Å². The molecule has 0 bridgehead atoms. The van der Waals surface area contributed by atoms with Gasteiger partial charge in [0.25, 0.3) is 0 Å². The molecule has 4 nitrogen and oxygen atoms in total. The van der Waals surface area contributed by atoms with Crippen LogP contribution < -0.4 is 5.32 Å². The van der Waals surface area contributed by atoms with Gasteiger partial charge in [0.05, 0.1) is 12.1 Å². The van der Waals surface area contributed by atoms with Crippen molar-refractivity contribution in [2.24, 2.45) is 0 Å². The van der Waals surface area contributed by atoms with Crippen molar-refractivity contribution in [3.63, 3.8) is 0 Å². The zero-order chi connectivity index (χ0) is 14.0. The second kappa shape index (κ2) is 5.25. The van der Waals surface area contributed by atoms with Crippen molar-refractivity contribution in [2.45, 2.75) is 31.2 Å². The SMILES string of the molecule is O=C(O)CC1(Nc2nc(-c3ccccc3)cs2)CCC1. The van der Waals surface area contributed by atoms with Crippen LogP contribution >= 0.6 is 11.3 Å². The molecule has 1 aliphatic carbocycles. The Hall–Kier alpha value is -1.88. The maximum Gasteiger partial charge on any atom is 0.305 e. The first-order chi connectivity index (χ1) is 9.67. The summed E-state index contributed by atoms with van der Waals surface area (Å²) in [6, 6.07) is 9.99. The maximum atomic E-state index is 11.0. The van der Waals surface area contributed by atoms with Gasteiger partial charge in [-0.1, -0.05) is 30.3 Å². The molecule has 20 heavy (non-hydrogen) atoms. The van der Waals surface area contributed by atoms with Crippen molar-refractivity contribution in [1.82, 2.24) is 4.98 Å². The fraction of sp³-hybridized carbons (Fsp3) is 0.333. The lowest BCUT2D eigenvalue weighted by atomic mass is 9.74. The molecule has 2 N–H and O–H groups in total. The molecule has 5 heteroatoms. The van der Waals surface area contributed by atoms with Crippen LogP contribution in [0.15, 0.2) is 35.7 Å². The zero-order valence-corrected chi connectivity index (χ0v) is 11.8. The van der Waals surface area contributed by atoms with E-state index in [0.717, 1.165) is 35.7 Å². The van der Waals surface area contributed by atoms with Crippen LogP contribution in [0.5, 0.6) is 0 Å². The van der Waals surface area contributed by atoms with Crippen LogP contribution in [0.4, 0.5) is 5.13 Å². The van der Waals surface area contributed by atoms with Gasteiger partial charge in [-0.3, -0.25) is 4.79 Å². The highest BCUT2D eigenvalue weighted by molar-refractivity contribution is 7.14. The van der Waals surface area contributed by atoms with E-state index in [9.17, 15) is 4.79 Å². The lowest BCUT2D eigenvalue weighted by Gasteiger charge is -2.41. The summed E-state index contributed by atoms with van der Waals surface area (Å²) in [5, 5.41) is 15.2. The lowest BCUT2D eigenvalue weighted by Crippen LogP contribution is -2.46. The minimum Gasteiger partial charge on any atom is -0.481 e. The van der Waals surface area contributed by atoms with Gasteiger partial charge in [-0.25, -0.2) is 4.98 Å². The molecule has 3 rings (SSSR count). The Morgan fingerprint density at radius 1 is 1.35 bits per heavy atom. The van der Waals surface area contributed by atoms with Gasteiger partial charge in [0.1, 0.15) is 0 Å². The summed E-state index contributed by atoms with van der Waals surface area (Å²) in [5.41, 5.74) is 1.72. The number of hydrogen-bond acceptors (Lipinski definition) is 4. The number of carboxylic acids is 1. The number of anilines is 1. The first-order valence-electron chi connectivity index (χ1n) is 6.68. The third-order valence-corrected chi connectivity index (χ3v) is 4.50. The molecule has 0 unspecified atom stereocenters. The number of nitrogens with zero attached hydrogens (tertiary/aromatic N) is 1. The molecule has 1 heterocycles.